The predicted molar refractivity (Wildman–Crippen MR) is 74.1 cm³/mol. The number of halogens is 3. The quantitative estimate of drug-likeness (QED) is 0.754. The first-order valence-corrected chi connectivity index (χ1v) is 6.95. The number of allylic oxidation sites excluding steroid dienone is 1. The van der Waals surface area contributed by atoms with Crippen molar-refractivity contribution in [2.45, 2.75) is 18.2 Å². The molecule has 0 aromatic heterocycles. The molecule has 0 fully saturated rings. The van der Waals surface area contributed by atoms with Gasteiger partial charge in [0.2, 0.25) is 5.91 Å². The Bertz CT molecular complexity index is 497. The number of rotatable bonds is 2. The molecule has 1 aromatic rings. The van der Waals surface area contributed by atoms with Gasteiger partial charge in [-0.05, 0) is 25.5 Å². The number of benzene rings is 1. The number of amides is 1. The van der Waals surface area contributed by atoms with Crippen LogP contribution in [0.3, 0.4) is 0 Å². The van der Waals surface area contributed by atoms with E-state index in [0.29, 0.717) is 29.2 Å². The van der Waals surface area contributed by atoms with Crippen LogP contribution in [0.25, 0.3) is 5.70 Å². The third kappa shape index (κ3) is 2.31. The minimum atomic E-state index is -0.409. The van der Waals surface area contributed by atoms with Gasteiger partial charge in [0.25, 0.3) is 0 Å². The van der Waals surface area contributed by atoms with Crippen molar-refractivity contribution in [2.75, 3.05) is 6.54 Å². The third-order valence-corrected chi connectivity index (χ3v) is 3.96. The Morgan fingerprint density at radius 3 is 2.89 bits per heavy atom. The van der Waals surface area contributed by atoms with Gasteiger partial charge in [0.05, 0.1) is 21.1 Å². The van der Waals surface area contributed by atoms with Crippen molar-refractivity contribution < 1.29 is 9.18 Å². The molecule has 1 heterocycles. The first kappa shape index (κ1) is 13.6. The number of hydrogen-bond acceptors (Lipinski definition) is 1. The number of nitrogens with zero attached hydrogens (tertiary/aromatic N) is 1. The van der Waals surface area contributed by atoms with E-state index in [1.807, 2.05) is 13.0 Å². The molecule has 1 unspecified atom stereocenters. The van der Waals surface area contributed by atoms with Gasteiger partial charge in [-0.15, -0.1) is 0 Å². The van der Waals surface area contributed by atoms with E-state index in [1.54, 1.807) is 17.0 Å². The van der Waals surface area contributed by atoms with Crippen molar-refractivity contribution in [3.63, 3.8) is 0 Å². The molecule has 0 aliphatic carbocycles. The van der Waals surface area contributed by atoms with Crippen LogP contribution in [-0.2, 0) is 4.79 Å². The van der Waals surface area contributed by atoms with Crippen LogP contribution in [0, 0.1) is 5.82 Å². The summed E-state index contributed by atoms with van der Waals surface area (Å²) < 4.78 is 13.9. The zero-order chi connectivity index (χ0) is 13.3. The van der Waals surface area contributed by atoms with Crippen LogP contribution < -0.4 is 0 Å². The van der Waals surface area contributed by atoms with Crippen LogP contribution in [-0.4, -0.2) is 22.2 Å². The topological polar surface area (TPSA) is 20.3 Å². The highest BCUT2D eigenvalue weighted by atomic mass is 79.9. The Morgan fingerprint density at radius 1 is 1.56 bits per heavy atom. The molecule has 0 bridgehead atoms. The summed E-state index contributed by atoms with van der Waals surface area (Å²) in [5.41, 5.74) is 0.857. The highest BCUT2D eigenvalue weighted by Gasteiger charge is 2.30. The maximum absolute atomic E-state index is 13.9. The van der Waals surface area contributed by atoms with Gasteiger partial charge >= 0.3 is 0 Å². The summed E-state index contributed by atoms with van der Waals surface area (Å²) in [5.74, 6) is -0.470. The molecule has 0 saturated heterocycles. The lowest BCUT2D eigenvalue weighted by molar-refractivity contribution is -0.127. The molecule has 0 spiro atoms. The lowest BCUT2D eigenvalue weighted by Gasteiger charge is -2.30. The fraction of sp³-hybridized carbons (Fsp3) is 0.308. The Balaban J connectivity index is 2.52. The van der Waals surface area contributed by atoms with Crippen molar-refractivity contribution in [3.8, 4) is 0 Å². The molecule has 1 amide bonds. The van der Waals surface area contributed by atoms with E-state index >= 15 is 0 Å². The SMILES string of the molecule is CCN1C(=O)C(Br)CC=C1c1c(F)cccc1Cl. The fourth-order valence-electron chi connectivity index (χ4n) is 2.02. The monoisotopic (exact) mass is 331 g/mol. The van der Waals surface area contributed by atoms with Gasteiger partial charge < -0.3 is 4.90 Å². The summed E-state index contributed by atoms with van der Waals surface area (Å²) in [7, 11) is 0. The Kier molecular flexibility index (Phi) is 4.07. The maximum Gasteiger partial charge on any atom is 0.241 e. The van der Waals surface area contributed by atoms with Crippen LogP contribution >= 0.6 is 27.5 Å². The second kappa shape index (κ2) is 5.41. The third-order valence-electron chi connectivity index (χ3n) is 2.88. The van der Waals surface area contributed by atoms with Crippen molar-refractivity contribution in [1.29, 1.82) is 0 Å². The number of carbonyl (C=O) groups excluding carboxylic acids is 1. The predicted octanol–water partition coefficient (Wildman–Crippen LogP) is 3.84. The van der Waals surface area contributed by atoms with Gasteiger partial charge in [-0.3, -0.25) is 4.79 Å². The van der Waals surface area contributed by atoms with Crippen molar-refractivity contribution in [3.05, 3.63) is 40.7 Å². The van der Waals surface area contributed by atoms with Crippen LogP contribution in [0.4, 0.5) is 4.39 Å². The van der Waals surface area contributed by atoms with Crippen molar-refractivity contribution in [2.24, 2.45) is 0 Å². The van der Waals surface area contributed by atoms with Gasteiger partial charge in [-0.25, -0.2) is 4.39 Å². The zero-order valence-corrected chi connectivity index (χ0v) is 12.1. The van der Waals surface area contributed by atoms with Crippen LogP contribution in [0.2, 0.25) is 5.02 Å². The van der Waals surface area contributed by atoms with E-state index in [2.05, 4.69) is 15.9 Å². The molecule has 0 radical (unpaired) electrons. The summed E-state index contributed by atoms with van der Waals surface area (Å²) >= 11 is 9.35. The summed E-state index contributed by atoms with van der Waals surface area (Å²) in [6.45, 7) is 2.34. The average Bonchev–Trinajstić information content (AvgIpc) is 2.33. The summed E-state index contributed by atoms with van der Waals surface area (Å²) in [6.07, 6.45) is 2.38. The van der Waals surface area contributed by atoms with Gasteiger partial charge in [-0.2, -0.15) is 0 Å². The van der Waals surface area contributed by atoms with Crippen LogP contribution in [0.5, 0.6) is 0 Å². The highest BCUT2D eigenvalue weighted by Crippen LogP contribution is 2.33. The molecule has 1 aromatic carbocycles. The van der Waals surface area contributed by atoms with Crippen LogP contribution in [0.1, 0.15) is 18.9 Å². The first-order chi connectivity index (χ1) is 8.56. The summed E-state index contributed by atoms with van der Waals surface area (Å²) in [6, 6.07) is 4.52. The van der Waals surface area contributed by atoms with E-state index in [-0.39, 0.29) is 10.7 Å². The molecular formula is C13H12BrClFNO. The molecular weight excluding hydrogens is 321 g/mol. The van der Waals surface area contributed by atoms with E-state index in [4.69, 9.17) is 11.6 Å². The molecule has 2 rings (SSSR count). The minimum absolute atomic E-state index is 0.0608. The molecule has 0 saturated carbocycles. The van der Waals surface area contributed by atoms with Crippen LogP contribution in [0.15, 0.2) is 24.3 Å². The zero-order valence-electron chi connectivity index (χ0n) is 9.79. The lowest BCUT2D eigenvalue weighted by atomic mass is 10.0. The van der Waals surface area contributed by atoms with Gasteiger partial charge in [0.15, 0.2) is 0 Å². The van der Waals surface area contributed by atoms with Crippen molar-refractivity contribution in [1.82, 2.24) is 4.90 Å². The first-order valence-electron chi connectivity index (χ1n) is 5.66. The Labute approximate surface area is 119 Å². The summed E-state index contributed by atoms with van der Waals surface area (Å²) in [4.78, 5) is 13.3. The van der Waals surface area contributed by atoms with E-state index in [9.17, 15) is 9.18 Å². The maximum atomic E-state index is 13.9. The normalized spacial score (nSPS) is 20.0. The average molecular weight is 333 g/mol. The van der Waals surface area contributed by atoms with Gasteiger partial charge in [0.1, 0.15) is 5.82 Å². The molecule has 18 heavy (non-hydrogen) atoms. The number of alkyl halides is 1. The van der Waals surface area contributed by atoms with Crippen molar-refractivity contribution >= 4 is 39.1 Å². The van der Waals surface area contributed by atoms with Gasteiger partial charge in [-0.1, -0.05) is 39.7 Å². The second-order valence-electron chi connectivity index (χ2n) is 3.97. The second-order valence-corrected chi connectivity index (χ2v) is 5.48. The molecule has 96 valence electrons. The molecule has 0 N–H and O–H groups in total. The molecule has 1 atom stereocenters. The number of hydrogen-bond donors (Lipinski definition) is 0. The smallest absolute Gasteiger partial charge is 0.241 e. The van der Waals surface area contributed by atoms with E-state index in [0.717, 1.165) is 0 Å². The van der Waals surface area contributed by atoms with E-state index in [1.165, 1.54) is 6.07 Å². The standard InChI is InChI=1S/C13H12BrClFNO/c1-2-17-11(7-6-8(14)13(17)18)12-9(15)4-3-5-10(12)16/h3-5,7-8H,2,6H2,1H3. The Hall–Kier alpha value is -0.870. The lowest BCUT2D eigenvalue weighted by Crippen LogP contribution is -2.38. The fourth-order valence-corrected chi connectivity index (χ4v) is 2.71. The molecule has 1 aliphatic rings. The largest absolute Gasteiger partial charge is 0.311 e. The Morgan fingerprint density at radius 2 is 2.28 bits per heavy atom. The molecule has 2 nitrogen and oxygen atoms in total. The molecule has 5 heteroatoms. The molecule has 1 aliphatic heterocycles. The van der Waals surface area contributed by atoms with E-state index < -0.39 is 5.82 Å². The van der Waals surface area contributed by atoms with Gasteiger partial charge in [0, 0.05) is 6.54 Å². The minimum Gasteiger partial charge on any atom is -0.311 e. The number of carbonyl (C=O) groups is 1. The summed E-state index contributed by atoms with van der Waals surface area (Å²) in [5, 5.41) is 0.320. The highest BCUT2D eigenvalue weighted by molar-refractivity contribution is 9.10.